The number of hydrogen-bond donors (Lipinski definition) is 0. The van der Waals surface area contributed by atoms with Gasteiger partial charge in [-0.1, -0.05) is 6.92 Å². The first-order valence-corrected chi connectivity index (χ1v) is 5.50. The van der Waals surface area contributed by atoms with Crippen LogP contribution in [0, 0.1) is 17.8 Å². The largest absolute Gasteiger partial charge is 0.133 e. The van der Waals surface area contributed by atoms with Crippen LogP contribution in [0.25, 0.3) is 0 Å². The normalized spacial score (nSPS) is 11.9. The Morgan fingerprint density at radius 2 is 2.33 bits per heavy atom. The lowest BCUT2D eigenvalue weighted by molar-refractivity contribution is 0.760. The van der Waals surface area contributed by atoms with Crippen LogP contribution in [0.3, 0.4) is 0 Å². The molecule has 0 saturated heterocycles. The van der Waals surface area contributed by atoms with E-state index in [1.54, 1.807) is 11.3 Å². The van der Waals surface area contributed by atoms with E-state index in [2.05, 4.69) is 46.8 Å². The highest BCUT2D eigenvalue weighted by molar-refractivity contribution is 9.11. The molecule has 0 aromatic carbocycles. The molecule has 0 N–H and O–H groups in total. The van der Waals surface area contributed by atoms with Crippen LogP contribution in [0.15, 0.2) is 15.9 Å². The van der Waals surface area contributed by atoms with Gasteiger partial charge in [0.2, 0.25) is 0 Å². The molecule has 1 rings (SSSR count). The Morgan fingerprint density at radius 1 is 1.58 bits per heavy atom. The molecular weight excluding hydrogens is 232 g/mol. The molecule has 0 radical (unpaired) electrons. The van der Waals surface area contributed by atoms with E-state index in [-0.39, 0.29) is 0 Å². The summed E-state index contributed by atoms with van der Waals surface area (Å²) in [5.74, 6) is 6.55. The van der Waals surface area contributed by atoms with Crippen molar-refractivity contribution in [2.75, 3.05) is 0 Å². The third kappa shape index (κ3) is 3.00. The molecule has 0 amide bonds. The van der Waals surface area contributed by atoms with E-state index in [0.29, 0.717) is 5.92 Å². The van der Waals surface area contributed by atoms with Crippen molar-refractivity contribution < 1.29 is 0 Å². The third-order valence-corrected chi connectivity index (χ3v) is 3.17. The van der Waals surface area contributed by atoms with Crippen LogP contribution >= 0.6 is 27.3 Å². The highest BCUT2D eigenvalue weighted by Gasteiger charge is 2.01. The first kappa shape index (κ1) is 9.83. The monoisotopic (exact) mass is 242 g/mol. The number of thiophene rings is 1. The second-order valence-electron chi connectivity index (χ2n) is 2.71. The Balaban J connectivity index is 2.56. The van der Waals surface area contributed by atoms with Crippen LogP contribution in [0.5, 0.6) is 0 Å². The van der Waals surface area contributed by atoms with E-state index < -0.39 is 0 Å². The zero-order valence-electron chi connectivity index (χ0n) is 7.23. The summed E-state index contributed by atoms with van der Waals surface area (Å²) in [6, 6.07) is 4.24. The second-order valence-corrected chi connectivity index (χ2v) is 5.25. The highest BCUT2D eigenvalue weighted by atomic mass is 79.9. The Bertz CT molecular complexity index is 303. The minimum Gasteiger partial charge on any atom is -0.133 e. The summed E-state index contributed by atoms with van der Waals surface area (Å²) < 4.78 is 1.20. The first-order chi connectivity index (χ1) is 5.72. The summed E-state index contributed by atoms with van der Waals surface area (Å²) in [6.07, 6.45) is 1.07. The van der Waals surface area contributed by atoms with Crippen molar-refractivity contribution in [3.8, 4) is 11.8 Å². The smallest absolute Gasteiger partial charge is 0.0701 e. The summed E-state index contributed by atoms with van der Waals surface area (Å²) in [5, 5.41) is 0. The molecule has 0 aliphatic heterocycles. The number of hydrogen-bond acceptors (Lipinski definition) is 1. The van der Waals surface area contributed by atoms with E-state index in [1.807, 2.05) is 6.92 Å². The van der Waals surface area contributed by atoms with Gasteiger partial charge < -0.3 is 0 Å². The van der Waals surface area contributed by atoms with Crippen LogP contribution in [0.1, 0.15) is 18.7 Å². The zero-order chi connectivity index (χ0) is 8.97. The van der Waals surface area contributed by atoms with E-state index in [1.165, 1.54) is 8.66 Å². The number of halogens is 1. The molecule has 12 heavy (non-hydrogen) atoms. The molecule has 1 aromatic rings. The molecule has 1 atom stereocenters. The van der Waals surface area contributed by atoms with Crippen molar-refractivity contribution in [2.24, 2.45) is 5.92 Å². The standard InChI is InChI=1S/C10H11BrS/c1-3-4-8(2)7-9-5-6-10(11)12-9/h5-6,8H,7H2,1-2H3. The van der Waals surface area contributed by atoms with Gasteiger partial charge in [0.25, 0.3) is 0 Å². The van der Waals surface area contributed by atoms with Crippen molar-refractivity contribution in [3.05, 3.63) is 20.8 Å². The first-order valence-electron chi connectivity index (χ1n) is 3.89. The maximum absolute atomic E-state index is 3.44. The van der Waals surface area contributed by atoms with Gasteiger partial charge in [-0.05, 0) is 41.4 Å². The zero-order valence-corrected chi connectivity index (χ0v) is 9.63. The average molecular weight is 243 g/mol. The van der Waals surface area contributed by atoms with E-state index in [9.17, 15) is 0 Å². The van der Waals surface area contributed by atoms with Crippen LogP contribution < -0.4 is 0 Å². The van der Waals surface area contributed by atoms with Crippen molar-refractivity contribution in [1.29, 1.82) is 0 Å². The maximum atomic E-state index is 3.44. The van der Waals surface area contributed by atoms with Crippen LogP contribution in [-0.4, -0.2) is 0 Å². The van der Waals surface area contributed by atoms with Gasteiger partial charge in [-0.3, -0.25) is 0 Å². The molecule has 0 bridgehead atoms. The summed E-state index contributed by atoms with van der Waals surface area (Å²) in [4.78, 5) is 1.40. The van der Waals surface area contributed by atoms with E-state index >= 15 is 0 Å². The van der Waals surface area contributed by atoms with Gasteiger partial charge in [-0.25, -0.2) is 0 Å². The van der Waals surface area contributed by atoms with Crippen LogP contribution in [0.4, 0.5) is 0 Å². The predicted molar refractivity (Wildman–Crippen MR) is 58.3 cm³/mol. The SMILES string of the molecule is CC#CC(C)Cc1ccc(Br)s1. The fourth-order valence-electron chi connectivity index (χ4n) is 1.06. The minimum absolute atomic E-state index is 0.473. The quantitative estimate of drug-likeness (QED) is 0.694. The van der Waals surface area contributed by atoms with Crippen molar-refractivity contribution in [3.63, 3.8) is 0 Å². The Labute approximate surface area is 86.1 Å². The van der Waals surface area contributed by atoms with Crippen molar-refractivity contribution in [1.82, 2.24) is 0 Å². The van der Waals surface area contributed by atoms with Crippen molar-refractivity contribution in [2.45, 2.75) is 20.3 Å². The fraction of sp³-hybridized carbons (Fsp3) is 0.400. The molecule has 1 unspecified atom stereocenters. The van der Waals surface area contributed by atoms with Gasteiger partial charge in [-0.2, -0.15) is 0 Å². The second kappa shape index (κ2) is 4.69. The molecule has 0 aliphatic rings. The molecule has 0 nitrogen and oxygen atoms in total. The van der Waals surface area contributed by atoms with Gasteiger partial charge in [-0.15, -0.1) is 23.2 Å². The lowest BCUT2D eigenvalue weighted by Crippen LogP contribution is -1.93. The topological polar surface area (TPSA) is 0 Å². The average Bonchev–Trinajstić information content (AvgIpc) is 2.36. The molecule has 1 aromatic heterocycles. The molecule has 64 valence electrons. The summed E-state index contributed by atoms with van der Waals surface area (Å²) >= 11 is 5.23. The van der Waals surface area contributed by atoms with Crippen LogP contribution in [0.2, 0.25) is 0 Å². The summed E-state index contributed by atoms with van der Waals surface area (Å²) in [6.45, 7) is 4.05. The molecule has 0 aliphatic carbocycles. The highest BCUT2D eigenvalue weighted by Crippen LogP contribution is 2.24. The summed E-state index contributed by atoms with van der Waals surface area (Å²) in [7, 11) is 0. The Kier molecular flexibility index (Phi) is 3.84. The van der Waals surface area contributed by atoms with Crippen molar-refractivity contribution >= 4 is 27.3 Å². The minimum atomic E-state index is 0.473. The molecule has 0 saturated carbocycles. The van der Waals surface area contributed by atoms with Gasteiger partial charge in [0.05, 0.1) is 3.79 Å². The summed E-state index contributed by atoms with van der Waals surface area (Å²) in [5.41, 5.74) is 0. The Hall–Kier alpha value is -0.260. The van der Waals surface area contributed by atoms with Crippen LogP contribution in [-0.2, 0) is 6.42 Å². The molecule has 1 heterocycles. The number of rotatable bonds is 2. The molecule has 0 fully saturated rings. The lowest BCUT2D eigenvalue weighted by Gasteiger charge is -1.99. The third-order valence-electron chi connectivity index (χ3n) is 1.53. The van der Waals surface area contributed by atoms with E-state index in [4.69, 9.17) is 0 Å². The predicted octanol–water partition coefficient (Wildman–Crippen LogP) is 3.71. The molecular formula is C10H11BrS. The lowest BCUT2D eigenvalue weighted by atomic mass is 10.1. The van der Waals surface area contributed by atoms with Gasteiger partial charge in [0.15, 0.2) is 0 Å². The van der Waals surface area contributed by atoms with E-state index in [0.717, 1.165) is 6.42 Å². The van der Waals surface area contributed by atoms with Gasteiger partial charge in [0, 0.05) is 10.8 Å². The Morgan fingerprint density at radius 3 is 2.83 bits per heavy atom. The van der Waals surface area contributed by atoms with Gasteiger partial charge in [0.1, 0.15) is 0 Å². The molecule has 2 heteroatoms. The van der Waals surface area contributed by atoms with Gasteiger partial charge >= 0.3 is 0 Å². The maximum Gasteiger partial charge on any atom is 0.0701 e. The fourth-order valence-corrected chi connectivity index (χ4v) is 2.67. The molecule has 0 spiro atoms.